The van der Waals surface area contributed by atoms with Crippen LogP contribution in [0.5, 0.6) is 0 Å². The number of methoxy groups -OCH3 is 1. The van der Waals surface area contributed by atoms with E-state index in [2.05, 4.69) is 12.2 Å². The summed E-state index contributed by atoms with van der Waals surface area (Å²) in [5.74, 6) is 0.540. The first-order valence-corrected chi connectivity index (χ1v) is 5.87. The number of nitrogens with one attached hydrogen (secondary N) is 1. The van der Waals surface area contributed by atoms with E-state index < -0.39 is 5.54 Å². The topological polar surface area (TPSA) is 38.3 Å². The second kappa shape index (κ2) is 4.97. The smallest absolute Gasteiger partial charge is 0.325 e. The van der Waals surface area contributed by atoms with Crippen LogP contribution in [0.4, 0.5) is 0 Å². The minimum absolute atomic E-state index is 0.177. The first-order chi connectivity index (χ1) is 7.01. The van der Waals surface area contributed by atoms with Crippen molar-refractivity contribution < 1.29 is 9.53 Å². The fourth-order valence-electron chi connectivity index (χ4n) is 2.49. The molecule has 0 aromatic heterocycles. The third kappa shape index (κ3) is 2.94. The summed E-state index contributed by atoms with van der Waals surface area (Å²) in [6.45, 7) is 6.00. The highest BCUT2D eigenvalue weighted by molar-refractivity contribution is 5.79. The normalized spacial score (nSPS) is 26.7. The predicted molar refractivity (Wildman–Crippen MR) is 60.7 cm³/mol. The molecule has 0 heterocycles. The monoisotopic (exact) mass is 213 g/mol. The highest BCUT2D eigenvalue weighted by Crippen LogP contribution is 2.29. The molecule has 0 aliphatic heterocycles. The van der Waals surface area contributed by atoms with Gasteiger partial charge in [-0.15, -0.1) is 0 Å². The molecule has 1 saturated carbocycles. The Labute approximate surface area is 92.6 Å². The Hall–Kier alpha value is -0.570. The second-order valence-electron chi connectivity index (χ2n) is 4.97. The van der Waals surface area contributed by atoms with E-state index in [1.807, 2.05) is 13.8 Å². The highest BCUT2D eigenvalue weighted by atomic mass is 16.5. The lowest BCUT2D eigenvalue weighted by atomic mass is 9.96. The largest absolute Gasteiger partial charge is 0.468 e. The molecule has 1 N–H and O–H groups in total. The van der Waals surface area contributed by atoms with Crippen LogP contribution in [0.15, 0.2) is 0 Å². The number of ether oxygens (including phenoxy) is 1. The number of rotatable bonds is 4. The molecule has 1 aliphatic rings. The van der Waals surface area contributed by atoms with E-state index in [1.165, 1.54) is 32.8 Å². The van der Waals surface area contributed by atoms with Gasteiger partial charge in [0.25, 0.3) is 0 Å². The molecule has 3 heteroatoms. The van der Waals surface area contributed by atoms with E-state index in [1.54, 1.807) is 0 Å². The molecular weight excluding hydrogens is 190 g/mol. The molecule has 1 rings (SSSR count). The molecule has 2 unspecified atom stereocenters. The fraction of sp³-hybridized carbons (Fsp3) is 0.917. The molecule has 0 aromatic carbocycles. The van der Waals surface area contributed by atoms with Crippen molar-refractivity contribution in [2.24, 2.45) is 5.92 Å². The van der Waals surface area contributed by atoms with Crippen molar-refractivity contribution in [3.05, 3.63) is 0 Å². The van der Waals surface area contributed by atoms with Gasteiger partial charge >= 0.3 is 5.97 Å². The number of carbonyl (C=O) groups excluding carboxylic acids is 1. The van der Waals surface area contributed by atoms with Gasteiger partial charge < -0.3 is 4.74 Å². The van der Waals surface area contributed by atoms with E-state index in [0.717, 1.165) is 0 Å². The van der Waals surface area contributed by atoms with Crippen LogP contribution >= 0.6 is 0 Å². The van der Waals surface area contributed by atoms with E-state index >= 15 is 0 Å². The second-order valence-corrected chi connectivity index (χ2v) is 4.97. The molecule has 1 aliphatic carbocycles. The van der Waals surface area contributed by atoms with Crippen LogP contribution < -0.4 is 5.32 Å². The molecule has 1 fully saturated rings. The van der Waals surface area contributed by atoms with Crippen LogP contribution in [0, 0.1) is 5.92 Å². The summed E-state index contributed by atoms with van der Waals surface area (Å²) < 4.78 is 4.79. The summed E-state index contributed by atoms with van der Waals surface area (Å²) in [4.78, 5) is 11.5. The van der Waals surface area contributed by atoms with Gasteiger partial charge in [0, 0.05) is 6.04 Å². The average Bonchev–Trinajstić information content (AvgIpc) is 2.63. The number of hydrogen-bond donors (Lipinski definition) is 1. The van der Waals surface area contributed by atoms with E-state index in [-0.39, 0.29) is 5.97 Å². The SMILES string of the molecule is CCC1CCCC1NC(C)(C)C(=O)OC. The number of hydrogen-bond acceptors (Lipinski definition) is 3. The first-order valence-electron chi connectivity index (χ1n) is 5.87. The third-order valence-corrected chi connectivity index (χ3v) is 3.43. The molecule has 0 saturated heterocycles. The molecule has 0 radical (unpaired) electrons. The maximum atomic E-state index is 11.5. The van der Waals surface area contributed by atoms with Gasteiger partial charge in [-0.1, -0.05) is 19.8 Å². The lowest BCUT2D eigenvalue weighted by Gasteiger charge is -2.30. The standard InChI is InChI=1S/C12H23NO2/c1-5-9-7-6-8-10(9)13-12(2,3)11(14)15-4/h9-10,13H,5-8H2,1-4H3. The first kappa shape index (κ1) is 12.5. The van der Waals surface area contributed by atoms with Crippen LogP contribution in [-0.4, -0.2) is 24.7 Å². The zero-order valence-corrected chi connectivity index (χ0v) is 10.3. The van der Waals surface area contributed by atoms with E-state index in [9.17, 15) is 4.79 Å². The maximum absolute atomic E-state index is 11.5. The minimum atomic E-state index is -0.558. The number of esters is 1. The van der Waals surface area contributed by atoms with Crippen molar-refractivity contribution in [2.75, 3.05) is 7.11 Å². The molecule has 3 nitrogen and oxygen atoms in total. The summed E-state index contributed by atoms with van der Waals surface area (Å²) in [6, 6.07) is 0.476. The summed E-state index contributed by atoms with van der Waals surface area (Å²) in [5.41, 5.74) is -0.558. The fourth-order valence-corrected chi connectivity index (χ4v) is 2.49. The van der Waals surface area contributed by atoms with Gasteiger partial charge in [-0.25, -0.2) is 0 Å². The Morgan fingerprint density at radius 3 is 2.67 bits per heavy atom. The lowest BCUT2D eigenvalue weighted by molar-refractivity contribution is -0.147. The van der Waals surface area contributed by atoms with Gasteiger partial charge in [0.2, 0.25) is 0 Å². The van der Waals surface area contributed by atoms with Crippen molar-refractivity contribution in [2.45, 2.75) is 58.0 Å². The quantitative estimate of drug-likeness (QED) is 0.727. The van der Waals surface area contributed by atoms with Crippen molar-refractivity contribution in [1.82, 2.24) is 5.32 Å². The van der Waals surface area contributed by atoms with E-state index in [0.29, 0.717) is 12.0 Å². The van der Waals surface area contributed by atoms with Gasteiger partial charge in [-0.3, -0.25) is 10.1 Å². The molecule has 2 atom stereocenters. The molecule has 0 spiro atoms. The maximum Gasteiger partial charge on any atom is 0.325 e. The minimum Gasteiger partial charge on any atom is -0.468 e. The van der Waals surface area contributed by atoms with Crippen molar-refractivity contribution >= 4 is 5.97 Å². The zero-order valence-electron chi connectivity index (χ0n) is 10.3. The van der Waals surface area contributed by atoms with Crippen LogP contribution in [0.2, 0.25) is 0 Å². The summed E-state index contributed by atoms with van der Waals surface area (Å²) in [7, 11) is 1.44. The molecule has 15 heavy (non-hydrogen) atoms. The van der Waals surface area contributed by atoms with Gasteiger partial charge in [0.1, 0.15) is 5.54 Å². The Balaban J connectivity index is 2.56. The lowest BCUT2D eigenvalue weighted by Crippen LogP contribution is -2.53. The van der Waals surface area contributed by atoms with Gasteiger partial charge in [-0.05, 0) is 32.6 Å². The highest BCUT2D eigenvalue weighted by Gasteiger charge is 2.35. The Morgan fingerprint density at radius 1 is 1.47 bits per heavy atom. The van der Waals surface area contributed by atoms with Gasteiger partial charge in [-0.2, -0.15) is 0 Å². The van der Waals surface area contributed by atoms with Crippen LogP contribution in [0.3, 0.4) is 0 Å². The molecular formula is C12H23NO2. The molecule has 88 valence electrons. The Morgan fingerprint density at radius 2 is 2.13 bits per heavy atom. The summed E-state index contributed by atoms with van der Waals surface area (Å²) >= 11 is 0. The molecule has 0 amide bonds. The number of carbonyl (C=O) groups is 1. The van der Waals surface area contributed by atoms with Crippen LogP contribution in [0.25, 0.3) is 0 Å². The van der Waals surface area contributed by atoms with Crippen LogP contribution in [0.1, 0.15) is 46.5 Å². The van der Waals surface area contributed by atoms with Crippen molar-refractivity contribution in [3.8, 4) is 0 Å². The summed E-state index contributed by atoms with van der Waals surface area (Å²) in [5, 5.41) is 3.43. The summed E-state index contributed by atoms with van der Waals surface area (Å²) in [6.07, 6.45) is 4.92. The Kier molecular flexibility index (Phi) is 4.14. The van der Waals surface area contributed by atoms with Crippen molar-refractivity contribution in [3.63, 3.8) is 0 Å². The van der Waals surface area contributed by atoms with E-state index in [4.69, 9.17) is 4.74 Å². The molecule has 0 aromatic rings. The van der Waals surface area contributed by atoms with Gasteiger partial charge in [0.05, 0.1) is 7.11 Å². The van der Waals surface area contributed by atoms with Gasteiger partial charge in [0.15, 0.2) is 0 Å². The predicted octanol–water partition coefficient (Wildman–Crippen LogP) is 2.11. The van der Waals surface area contributed by atoms with Crippen molar-refractivity contribution in [1.29, 1.82) is 0 Å². The van der Waals surface area contributed by atoms with Crippen LogP contribution in [-0.2, 0) is 9.53 Å². The Bertz CT molecular complexity index is 226. The zero-order chi connectivity index (χ0) is 11.5. The molecule has 0 bridgehead atoms. The average molecular weight is 213 g/mol. The third-order valence-electron chi connectivity index (χ3n) is 3.43.